The maximum absolute atomic E-state index is 13.2. The van der Waals surface area contributed by atoms with Crippen LogP contribution < -0.4 is 10.6 Å². The molecule has 0 fully saturated rings. The molecule has 2 aromatic rings. The Morgan fingerprint density at radius 3 is 2.53 bits per heavy atom. The SMILES string of the molecule is Cc1ccc([C@H]2NC(=O)N(CC(=O)Nc3ccccc3C(F)(F)F)C3=C2C(=O)OC3)cc1. The van der Waals surface area contributed by atoms with Gasteiger partial charge < -0.3 is 15.4 Å². The number of aryl methyl sites for hydroxylation is 1. The number of alkyl halides is 3. The zero-order valence-electron chi connectivity index (χ0n) is 16.8. The van der Waals surface area contributed by atoms with Crippen molar-refractivity contribution in [1.82, 2.24) is 10.2 Å². The number of carbonyl (C=O) groups excluding carboxylic acids is 3. The summed E-state index contributed by atoms with van der Waals surface area (Å²) in [5, 5.41) is 4.87. The number of para-hydroxylation sites is 1. The lowest BCUT2D eigenvalue weighted by Crippen LogP contribution is -2.49. The number of nitrogens with one attached hydrogen (secondary N) is 2. The van der Waals surface area contributed by atoms with E-state index >= 15 is 0 Å². The van der Waals surface area contributed by atoms with E-state index < -0.39 is 47.9 Å². The molecule has 32 heavy (non-hydrogen) atoms. The number of halogens is 3. The average molecular weight is 445 g/mol. The van der Waals surface area contributed by atoms with Crippen LogP contribution in [0, 0.1) is 6.92 Å². The Hall–Kier alpha value is -3.82. The van der Waals surface area contributed by atoms with E-state index in [-0.39, 0.29) is 17.9 Å². The highest BCUT2D eigenvalue weighted by atomic mass is 19.4. The van der Waals surface area contributed by atoms with Crippen molar-refractivity contribution in [3.05, 3.63) is 76.5 Å². The van der Waals surface area contributed by atoms with Crippen LogP contribution in [0.3, 0.4) is 0 Å². The van der Waals surface area contributed by atoms with Gasteiger partial charge in [0.25, 0.3) is 0 Å². The van der Waals surface area contributed by atoms with Crippen LogP contribution in [0.2, 0.25) is 0 Å². The molecule has 0 spiro atoms. The quantitative estimate of drug-likeness (QED) is 0.705. The number of amides is 3. The molecule has 2 aliphatic rings. The second-order valence-corrected chi connectivity index (χ2v) is 7.41. The molecule has 10 heteroatoms. The van der Waals surface area contributed by atoms with Crippen molar-refractivity contribution in [2.75, 3.05) is 18.5 Å². The van der Waals surface area contributed by atoms with Crippen LogP contribution in [0.1, 0.15) is 22.7 Å². The highest BCUT2D eigenvalue weighted by Crippen LogP contribution is 2.36. The van der Waals surface area contributed by atoms with Crippen LogP contribution in [0.15, 0.2) is 59.8 Å². The predicted molar refractivity (Wildman–Crippen MR) is 107 cm³/mol. The van der Waals surface area contributed by atoms with Gasteiger partial charge in [-0.25, -0.2) is 9.59 Å². The maximum Gasteiger partial charge on any atom is 0.418 e. The average Bonchev–Trinajstić information content (AvgIpc) is 3.12. The normalized spacial score (nSPS) is 18.2. The summed E-state index contributed by atoms with van der Waals surface area (Å²) in [5.41, 5.74) is 0.638. The summed E-state index contributed by atoms with van der Waals surface area (Å²) >= 11 is 0. The van der Waals surface area contributed by atoms with Gasteiger partial charge in [-0.1, -0.05) is 42.0 Å². The van der Waals surface area contributed by atoms with Gasteiger partial charge in [0.05, 0.1) is 28.6 Å². The number of rotatable bonds is 4. The monoisotopic (exact) mass is 445 g/mol. The number of nitrogens with zero attached hydrogens (tertiary/aromatic N) is 1. The molecule has 4 rings (SSSR count). The fourth-order valence-electron chi connectivity index (χ4n) is 3.66. The molecule has 0 saturated heterocycles. The molecule has 0 aromatic heterocycles. The third-order valence-electron chi connectivity index (χ3n) is 5.22. The Labute approximate surface area is 180 Å². The van der Waals surface area contributed by atoms with Crippen molar-refractivity contribution in [3.8, 4) is 0 Å². The second kappa shape index (κ2) is 8.03. The molecule has 166 valence electrons. The second-order valence-electron chi connectivity index (χ2n) is 7.41. The number of anilines is 1. The number of esters is 1. The fourth-order valence-corrected chi connectivity index (χ4v) is 3.66. The molecule has 3 amide bonds. The fraction of sp³-hybridized carbons (Fsp3) is 0.227. The van der Waals surface area contributed by atoms with Crippen LogP contribution in [0.25, 0.3) is 0 Å². The van der Waals surface area contributed by atoms with E-state index in [1.807, 2.05) is 19.1 Å². The van der Waals surface area contributed by atoms with E-state index in [0.29, 0.717) is 5.56 Å². The Morgan fingerprint density at radius 2 is 1.84 bits per heavy atom. The molecule has 0 saturated carbocycles. The predicted octanol–water partition coefficient (Wildman–Crippen LogP) is 3.53. The first-order chi connectivity index (χ1) is 15.1. The standard InChI is InChI=1S/C22H18F3N3O4/c1-12-6-8-13(9-7-12)19-18-16(11-32-20(18)30)28(21(31)27-19)10-17(29)26-15-5-3-2-4-14(15)22(23,24)25/h2-9,19H,10-11H2,1H3,(H,26,29)(H,27,31)/t19-/m1/s1. The molecule has 2 aromatic carbocycles. The largest absolute Gasteiger partial charge is 0.456 e. The third-order valence-corrected chi connectivity index (χ3v) is 5.22. The van der Waals surface area contributed by atoms with Gasteiger partial charge >= 0.3 is 18.2 Å². The van der Waals surface area contributed by atoms with Gasteiger partial charge in [-0.05, 0) is 24.6 Å². The van der Waals surface area contributed by atoms with E-state index in [4.69, 9.17) is 4.74 Å². The molecular weight excluding hydrogens is 427 g/mol. The van der Waals surface area contributed by atoms with Crippen molar-refractivity contribution >= 4 is 23.6 Å². The van der Waals surface area contributed by atoms with Gasteiger partial charge in [-0.15, -0.1) is 0 Å². The summed E-state index contributed by atoms with van der Waals surface area (Å²) in [6, 6.07) is 10.3. The van der Waals surface area contributed by atoms with Gasteiger partial charge in [0.15, 0.2) is 0 Å². The van der Waals surface area contributed by atoms with Gasteiger partial charge in [0, 0.05) is 0 Å². The van der Waals surface area contributed by atoms with Crippen LogP contribution in [-0.4, -0.2) is 36.0 Å². The van der Waals surface area contributed by atoms with Crippen molar-refractivity contribution < 1.29 is 32.3 Å². The zero-order chi connectivity index (χ0) is 23.0. The number of cyclic esters (lactones) is 1. The number of ether oxygens (including phenoxy) is 1. The van der Waals surface area contributed by atoms with Gasteiger partial charge in [0.2, 0.25) is 5.91 Å². The summed E-state index contributed by atoms with van der Waals surface area (Å²) in [5.74, 6) is -1.48. The minimum atomic E-state index is -4.66. The number of benzene rings is 2. The molecule has 0 radical (unpaired) electrons. The van der Waals surface area contributed by atoms with E-state index in [2.05, 4.69) is 10.6 Å². The summed E-state index contributed by atoms with van der Waals surface area (Å²) in [7, 11) is 0. The number of hydrogen-bond donors (Lipinski definition) is 2. The van der Waals surface area contributed by atoms with E-state index in [0.717, 1.165) is 22.6 Å². The minimum absolute atomic E-state index is 0.192. The number of urea groups is 1. The van der Waals surface area contributed by atoms with E-state index in [1.54, 1.807) is 12.1 Å². The van der Waals surface area contributed by atoms with E-state index in [9.17, 15) is 27.6 Å². The first-order valence-electron chi connectivity index (χ1n) is 9.66. The molecule has 2 N–H and O–H groups in total. The molecule has 2 aliphatic heterocycles. The summed E-state index contributed by atoms with van der Waals surface area (Å²) in [6.45, 7) is 1.10. The number of hydrogen-bond acceptors (Lipinski definition) is 4. The molecule has 0 aliphatic carbocycles. The Balaban J connectivity index is 1.59. The van der Waals surface area contributed by atoms with Crippen LogP contribution >= 0.6 is 0 Å². The lowest BCUT2D eigenvalue weighted by molar-refractivity contribution is -0.137. The Kier molecular flexibility index (Phi) is 5.37. The first kappa shape index (κ1) is 21.4. The molecule has 7 nitrogen and oxygen atoms in total. The van der Waals surface area contributed by atoms with Crippen LogP contribution in [0.5, 0.6) is 0 Å². The van der Waals surface area contributed by atoms with E-state index in [1.165, 1.54) is 12.1 Å². The minimum Gasteiger partial charge on any atom is -0.456 e. The molecule has 0 bridgehead atoms. The van der Waals surface area contributed by atoms with Crippen LogP contribution in [0.4, 0.5) is 23.7 Å². The highest BCUT2D eigenvalue weighted by Gasteiger charge is 2.43. The maximum atomic E-state index is 13.2. The van der Waals surface area contributed by atoms with Crippen molar-refractivity contribution in [1.29, 1.82) is 0 Å². The highest BCUT2D eigenvalue weighted by molar-refractivity contribution is 6.00. The van der Waals surface area contributed by atoms with Crippen molar-refractivity contribution in [2.45, 2.75) is 19.1 Å². The van der Waals surface area contributed by atoms with Crippen molar-refractivity contribution in [2.24, 2.45) is 0 Å². The summed E-state index contributed by atoms with van der Waals surface area (Å²) < 4.78 is 44.6. The first-order valence-corrected chi connectivity index (χ1v) is 9.66. The topological polar surface area (TPSA) is 87.7 Å². The Bertz CT molecular complexity index is 1130. The van der Waals surface area contributed by atoms with Gasteiger partial charge in [-0.3, -0.25) is 9.69 Å². The van der Waals surface area contributed by atoms with Crippen LogP contribution in [-0.2, 0) is 20.5 Å². The Morgan fingerprint density at radius 1 is 1.16 bits per heavy atom. The summed E-state index contributed by atoms with van der Waals surface area (Å²) in [4.78, 5) is 38.6. The van der Waals surface area contributed by atoms with Gasteiger partial charge in [0.1, 0.15) is 13.2 Å². The molecular formula is C22H18F3N3O4. The lowest BCUT2D eigenvalue weighted by Gasteiger charge is -2.32. The van der Waals surface area contributed by atoms with Gasteiger partial charge in [-0.2, -0.15) is 13.2 Å². The number of carbonyl (C=O) groups is 3. The lowest BCUT2D eigenvalue weighted by atomic mass is 9.95. The molecule has 2 heterocycles. The smallest absolute Gasteiger partial charge is 0.418 e. The third kappa shape index (κ3) is 4.03. The zero-order valence-corrected chi connectivity index (χ0v) is 16.8. The molecule has 0 unspecified atom stereocenters. The summed E-state index contributed by atoms with van der Waals surface area (Å²) in [6.07, 6.45) is -4.66. The molecule has 1 atom stereocenters. The van der Waals surface area contributed by atoms with Crippen molar-refractivity contribution in [3.63, 3.8) is 0 Å².